The number of rotatable bonds is 11. The second kappa shape index (κ2) is 14.2. The highest BCUT2D eigenvalue weighted by molar-refractivity contribution is 5.85. The van der Waals surface area contributed by atoms with Gasteiger partial charge in [0, 0.05) is 11.1 Å². The van der Waals surface area contributed by atoms with Crippen LogP contribution < -0.4 is 18.9 Å². The predicted octanol–water partition coefficient (Wildman–Crippen LogP) is 7.92. The van der Waals surface area contributed by atoms with Crippen molar-refractivity contribution < 1.29 is 37.9 Å². The van der Waals surface area contributed by atoms with Gasteiger partial charge in [0.1, 0.15) is 34.7 Å². The van der Waals surface area contributed by atoms with E-state index in [2.05, 4.69) is 0 Å². The molecule has 0 aliphatic heterocycles. The standard InChI is InChI=1S/C36H36F2O6/c1-21-23(13-31(37)25-15-33(41-3)29(19-39)34(16-25)42-4)9-7-11-27(21)28-12-8-10-24(22(28)2)14-32(38)26-17-35(43-5)30(20-40)36(18-26)44-6/h7-18,39-40H,19-20H2,1-6H3/b31-13-,32-14-. The summed E-state index contributed by atoms with van der Waals surface area (Å²) in [5.41, 5.74) is 6.14. The van der Waals surface area contributed by atoms with Crippen LogP contribution in [-0.4, -0.2) is 38.7 Å². The summed E-state index contributed by atoms with van der Waals surface area (Å²) >= 11 is 0. The Balaban J connectivity index is 1.74. The van der Waals surface area contributed by atoms with Crippen LogP contribution in [0.5, 0.6) is 23.0 Å². The molecule has 8 heteroatoms. The van der Waals surface area contributed by atoms with Crippen molar-refractivity contribution in [1.82, 2.24) is 0 Å². The van der Waals surface area contributed by atoms with E-state index in [1.54, 1.807) is 0 Å². The van der Waals surface area contributed by atoms with E-state index in [0.717, 1.165) is 22.3 Å². The molecule has 4 aromatic rings. The van der Waals surface area contributed by atoms with Crippen LogP contribution in [0.15, 0.2) is 60.7 Å². The lowest BCUT2D eigenvalue weighted by Crippen LogP contribution is -1.98. The number of aliphatic hydroxyl groups excluding tert-OH is 2. The van der Waals surface area contributed by atoms with Crippen LogP contribution in [0.2, 0.25) is 0 Å². The number of aliphatic hydroxyl groups is 2. The Kier molecular flexibility index (Phi) is 10.4. The third kappa shape index (κ3) is 6.46. The van der Waals surface area contributed by atoms with E-state index in [4.69, 9.17) is 18.9 Å². The Morgan fingerprint density at radius 2 is 0.909 bits per heavy atom. The van der Waals surface area contributed by atoms with Crippen LogP contribution in [0.1, 0.15) is 44.5 Å². The third-order valence-electron chi connectivity index (χ3n) is 7.69. The largest absolute Gasteiger partial charge is 0.496 e. The summed E-state index contributed by atoms with van der Waals surface area (Å²) in [5.74, 6) is 0.295. The molecule has 0 unspecified atom stereocenters. The highest BCUT2D eigenvalue weighted by atomic mass is 19.1. The molecule has 0 saturated carbocycles. The normalized spacial score (nSPS) is 11.9. The van der Waals surface area contributed by atoms with E-state index < -0.39 is 11.7 Å². The lowest BCUT2D eigenvalue weighted by atomic mass is 9.91. The maximum Gasteiger partial charge on any atom is 0.131 e. The number of ether oxygens (including phenoxy) is 4. The fourth-order valence-electron chi connectivity index (χ4n) is 5.20. The van der Waals surface area contributed by atoms with Gasteiger partial charge >= 0.3 is 0 Å². The third-order valence-corrected chi connectivity index (χ3v) is 7.69. The minimum absolute atomic E-state index is 0.250. The lowest BCUT2D eigenvalue weighted by molar-refractivity contribution is 0.264. The summed E-state index contributed by atoms with van der Waals surface area (Å²) in [6.07, 6.45) is 2.89. The van der Waals surface area contributed by atoms with Crippen LogP contribution in [0.4, 0.5) is 8.78 Å². The van der Waals surface area contributed by atoms with Crippen LogP contribution >= 0.6 is 0 Å². The molecular weight excluding hydrogens is 566 g/mol. The topological polar surface area (TPSA) is 77.4 Å². The minimum atomic E-state index is -0.500. The summed E-state index contributed by atoms with van der Waals surface area (Å²) in [6, 6.07) is 17.3. The Morgan fingerprint density at radius 1 is 0.591 bits per heavy atom. The molecule has 0 saturated heterocycles. The van der Waals surface area contributed by atoms with Gasteiger partial charge in [0.25, 0.3) is 0 Å². The summed E-state index contributed by atoms with van der Waals surface area (Å²) in [4.78, 5) is 0. The second-order valence-corrected chi connectivity index (χ2v) is 10.1. The number of benzene rings is 4. The highest BCUT2D eigenvalue weighted by Gasteiger charge is 2.17. The van der Waals surface area contributed by atoms with Crippen molar-refractivity contribution in [3.63, 3.8) is 0 Å². The van der Waals surface area contributed by atoms with Gasteiger partial charge in [-0.3, -0.25) is 0 Å². The molecule has 0 bridgehead atoms. The molecule has 2 N–H and O–H groups in total. The highest BCUT2D eigenvalue weighted by Crippen LogP contribution is 2.38. The van der Waals surface area contributed by atoms with Crippen molar-refractivity contribution in [3.05, 3.63) is 105 Å². The first-order valence-corrected chi connectivity index (χ1v) is 13.9. The molecule has 4 rings (SSSR count). The average molecular weight is 603 g/mol. The van der Waals surface area contributed by atoms with E-state index in [1.807, 2.05) is 50.2 Å². The quantitative estimate of drug-likeness (QED) is 0.170. The monoisotopic (exact) mass is 602 g/mol. The SMILES string of the molecule is COc1cc(/C(F)=C/c2cccc(-c3cccc(/C=C(\F)c4cc(OC)c(CO)c(OC)c4)c3C)c2C)cc(OC)c1CO. The van der Waals surface area contributed by atoms with Gasteiger partial charge in [-0.1, -0.05) is 36.4 Å². The van der Waals surface area contributed by atoms with E-state index in [1.165, 1.54) is 64.9 Å². The predicted molar refractivity (Wildman–Crippen MR) is 170 cm³/mol. The van der Waals surface area contributed by atoms with Gasteiger partial charge in [0.05, 0.1) is 52.8 Å². The van der Waals surface area contributed by atoms with Gasteiger partial charge in [-0.05, 0) is 83.6 Å². The molecule has 0 atom stereocenters. The molecule has 0 aliphatic rings. The second-order valence-electron chi connectivity index (χ2n) is 10.1. The molecule has 0 fully saturated rings. The van der Waals surface area contributed by atoms with Crippen molar-refractivity contribution >= 4 is 23.8 Å². The molecular formula is C36H36F2O6. The molecule has 6 nitrogen and oxygen atoms in total. The van der Waals surface area contributed by atoms with Crippen molar-refractivity contribution in [2.75, 3.05) is 28.4 Å². The van der Waals surface area contributed by atoms with Crippen LogP contribution in [-0.2, 0) is 13.2 Å². The van der Waals surface area contributed by atoms with Crippen LogP contribution in [0, 0.1) is 13.8 Å². The van der Waals surface area contributed by atoms with Gasteiger partial charge < -0.3 is 29.2 Å². The van der Waals surface area contributed by atoms with Crippen LogP contribution in [0.25, 0.3) is 34.9 Å². The number of hydrogen-bond donors (Lipinski definition) is 2. The fourth-order valence-corrected chi connectivity index (χ4v) is 5.20. The van der Waals surface area contributed by atoms with Gasteiger partial charge in [-0.15, -0.1) is 0 Å². The minimum Gasteiger partial charge on any atom is -0.496 e. The van der Waals surface area contributed by atoms with Gasteiger partial charge in [-0.25, -0.2) is 8.78 Å². The zero-order valence-corrected chi connectivity index (χ0v) is 25.6. The molecule has 0 amide bonds. The Hall–Kier alpha value is -4.66. The molecule has 0 heterocycles. The fraction of sp³-hybridized carbons (Fsp3) is 0.222. The van der Waals surface area contributed by atoms with E-state index >= 15 is 8.78 Å². The molecule has 0 aromatic heterocycles. The summed E-state index contributed by atoms with van der Waals surface area (Å²) < 4.78 is 52.6. The number of methoxy groups -OCH3 is 4. The Bertz CT molecular complexity index is 1550. The van der Waals surface area contributed by atoms with Gasteiger partial charge in [0.15, 0.2) is 0 Å². The number of hydrogen-bond acceptors (Lipinski definition) is 6. The molecule has 230 valence electrons. The molecule has 44 heavy (non-hydrogen) atoms. The average Bonchev–Trinajstić information content (AvgIpc) is 3.05. The van der Waals surface area contributed by atoms with Crippen molar-refractivity contribution in [2.45, 2.75) is 27.1 Å². The van der Waals surface area contributed by atoms with E-state index in [9.17, 15) is 10.2 Å². The molecule has 0 aliphatic carbocycles. The van der Waals surface area contributed by atoms with Crippen molar-refractivity contribution in [1.29, 1.82) is 0 Å². The summed E-state index contributed by atoms with van der Waals surface area (Å²) in [7, 11) is 5.80. The van der Waals surface area contributed by atoms with Crippen molar-refractivity contribution in [3.8, 4) is 34.1 Å². The number of halogens is 2. The van der Waals surface area contributed by atoms with Gasteiger partial charge in [-0.2, -0.15) is 0 Å². The zero-order chi connectivity index (χ0) is 32.0. The smallest absolute Gasteiger partial charge is 0.131 e. The molecule has 4 aromatic carbocycles. The zero-order valence-electron chi connectivity index (χ0n) is 25.6. The maximum absolute atomic E-state index is 15.6. The molecule has 0 radical (unpaired) electrons. The molecule has 0 spiro atoms. The lowest BCUT2D eigenvalue weighted by Gasteiger charge is -2.15. The van der Waals surface area contributed by atoms with Gasteiger partial charge in [0.2, 0.25) is 0 Å². The maximum atomic E-state index is 15.6. The van der Waals surface area contributed by atoms with Crippen LogP contribution in [0.3, 0.4) is 0 Å². The first kappa shape index (κ1) is 32.3. The summed E-state index contributed by atoms with van der Waals surface area (Å²) in [6.45, 7) is 3.20. The first-order valence-electron chi connectivity index (χ1n) is 13.9. The first-order chi connectivity index (χ1) is 21.2. The van der Waals surface area contributed by atoms with Crippen molar-refractivity contribution in [2.24, 2.45) is 0 Å². The Morgan fingerprint density at radius 3 is 1.18 bits per heavy atom. The van der Waals surface area contributed by atoms with E-state index in [0.29, 0.717) is 45.3 Å². The Labute approximate surface area is 256 Å². The van der Waals surface area contributed by atoms with E-state index in [-0.39, 0.29) is 24.3 Å². The summed E-state index contributed by atoms with van der Waals surface area (Å²) in [5, 5.41) is 19.4.